The normalized spacial score (nSPS) is 18.8. The minimum Gasteiger partial charge on any atom is -0.431 e. The predicted molar refractivity (Wildman–Crippen MR) is 115 cm³/mol. The number of aromatic nitrogens is 3. The molecule has 2 atom stereocenters. The molecule has 0 aliphatic carbocycles. The minimum atomic E-state index is -2.90. The van der Waals surface area contributed by atoms with E-state index in [1.165, 1.54) is 24.7 Å². The summed E-state index contributed by atoms with van der Waals surface area (Å²) in [6, 6.07) is 5.67. The van der Waals surface area contributed by atoms with Gasteiger partial charge in [0.05, 0.1) is 24.4 Å². The van der Waals surface area contributed by atoms with Crippen LogP contribution in [0.15, 0.2) is 55.1 Å². The first-order valence-electron chi connectivity index (χ1n) is 10.5. The molecule has 1 unspecified atom stereocenters. The Labute approximate surface area is 192 Å². The van der Waals surface area contributed by atoms with Crippen molar-refractivity contribution < 1.29 is 27.1 Å². The number of alkyl halides is 2. The van der Waals surface area contributed by atoms with Crippen molar-refractivity contribution in [3.05, 3.63) is 72.3 Å². The molecule has 1 aromatic carbocycles. The fourth-order valence-corrected chi connectivity index (χ4v) is 3.74. The molecule has 0 spiro atoms. The molecular weight excluding hydrogens is 454 g/mol. The lowest BCUT2D eigenvalue weighted by Gasteiger charge is -2.40. The fraction of sp³-hybridized carbons (Fsp3) is 0.304. The summed E-state index contributed by atoms with van der Waals surface area (Å²) in [6.07, 6.45) is 4.83. The molecule has 34 heavy (non-hydrogen) atoms. The number of halogens is 4. The maximum absolute atomic E-state index is 14.6. The Balaban J connectivity index is 1.39. The lowest BCUT2D eigenvalue weighted by molar-refractivity contribution is -0.125. The zero-order valence-corrected chi connectivity index (χ0v) is 18.1. The number of nitrogens with one attached hydrogen (secondary N) is 1. The maximum Gasteiger partial charge on any atom is 0.257 e. The Bertz CT molecular complexity index is 1130. The standard InChI is InChI=1S/C23H21F4N5O2/c1-14(32-10-7-23(26,27)16(13-32)15-5-8-28-9-6-15)22(33)31-19-11-30-20(12-29-19)34-21-17(24)3-2-4-18(21)25/h2-6,8-9,11-12,14,16H,7,10,13H2,1H3,(H,29,31,33)/t14?,16-/m1/s1. The van der Waals surface area contributed by atoms with Crippen LogP contribution in [-0.4, -0.2) is 50.8 Å². The number of carbonyl (C=O) groups excluding carboxylic acids is 1. The molecule has 1 fully saturated rings. The van der Waals surface area contributed by atoms with Gasteiger partial charge in [-0.2, -0.15) is 0 Å². The van der Waals surface area contributed by atoms with Gasteiger partial charge in [0, 0.05) is 31.9 Å². The van der Waals surface area contributed by atoms with Crippen molar-refractivity contribution in [1.29, 1.82) is 0 Å². The van der Waals surface area contributed by atoms with Crippen molar-refractivity contribution in [3.63, 3.8) is 0 Å². The topological polar surface area (TPSA) is 80.2 Å². The molecule has 0 radical (unpaired) electrons. The van der Waals surface area contributed by atoms with Crippen molar-refractivity contribution in [2.75, 3.05) is 18.4 Å². The predicted octanol–water partition coefficient (Wildman–Crippen LogP) is 4.39. The molecule has 1 aliphatic rings. The fourth-order valence-electron chi connectivity index (χ4n) is 3.74. The van der Waals surface area contributed by atoms with Crippen molar-refractivity contribution in [3.8, 4) is 11.6 Å². The van der Waals surface area contributed by atoms with E-state index in [9.17, 15) is 22.4 Å². The molecule has 1 amide bonds. The summed E-state index contributed by atoms with van der Waals surface area (Å²) in [7, 11) is 0. The molecule has 178 valence electrons. The van der Waals surface area contributed by atoms with Crippen molar-refractivity contribution in [1.82, 2.24) is 19.9 Å². The van der Waals surface area contributed by atoms with Gasteiger partial charge >= 0.3 is 0 Å². The number of likely N-dealkylation sites (tertiary alicyclic amines) is 1. The van der Waals surface area contributed by atoms with E-state index in [1.54, 1.807) is 24.0 Å². The van der Waals surface area contributed by atoms with Gasteiger partial charge in [-0.25, -0.2) is 27.5 Å². The highest BCUT2D eigenvalue weighted by molar-refractivity contribution is 5.93. The number of rotatable bonds is 6. The molecule has 1 N–H and O–H groups in total. The van der Waals surface area contributed by atoms with Gasteiger partial charge < -0.3 is 10.1 Å². The van der Waals surface area contributed by atoms with Gasteiger partial charge in [0.1, 0.15) is 0 Å². The summed E-state index contributed by atoms with van der Waals surface area (Å²) in [5.41, 5.74) is 0.463. The molecule has 0 saturated carbocycles. The zero-order chi connectivity index (χ0) is 24.3. The minimum absolute atomic E-state index is 0.00173. The van der Waals surface area contributed by atoms with E-state index < -0.39 is 41.2 Å². The molecule has 2 aromatic heterocycles. The number of hydrogen-bond donors (Lipinski definition) is 1. The number of pyridine rings is 1. The quantitative estimate of drug-likeness (QED) is 0.533. The lowest BCUT2D eigenvalue weighted by atomic mass is 9.87. The third-order valence-electron chi connectivity index (χ3n) is 5.70. The van der Waals surface area contributed by atoms with Crippen molar-refractivity contribution in [2.24, 2.45) is 0 Å². The lowest BCUT2D eigenvalue weighted by Crippen LogP contribution is -2.52. The largest absolute Gasteiger partial charge is 0.431 e. The van der Waals surface area contributed by atoms with E-state index in [1.807, 2.05) is 0 Å². The van der Waals surface area contributed by atoms with Gasteiger partial charge in [0.25, 0.3) is 5.92 Å². The SMILES string of the molecule is CC(C(=O)Nc1cnc(Oc2c(F)cccc2F)cn1)N1CCC(F)(F)[C@@H](c2ccncc2)C1. The summed E-state index contributed by atoms with van der Waals surface area (Å²) < 4.78 is 61.6. The monoisotopic (exact) mass is 475 g/mol. The number of para-hydroxylation sites is 1. The number of ether oxygens (including phenoxy) is 1. The number of amides is 1. The second-order valence-electron chi connectivity index (χ2n) is 7.90. The maximum atomic E-state index is 14.6. The number of nitrogens with zero attached hydrogens (tertiary/aromatic N) is 4. The van der Waals surface area contributed by atoms with Crippen molar-refractivity contribution in [2.45, 2.75) is 31.2 Å². The smallest absolute Gasteiger partial charge is 0.257 e. The Morgan fingerprint density at radius 3 is 2.50 bits per heavy atom. The number of carbonyl (C=O) groups is 1. The summed E-state index contributed by atoms with van der Waals surface area (Å²) in [6.45, 7) is 1.67. The number of hydrogen-bond acceptors (Lipinski definition) is 6. The van der Waals surface area contributed by atoms with Gasteiger partial charge in [0.15, 0.2) is 17.5 Å². The molecule has 11 heteroatoms. The molecule has 1 aliphatic heterocycles. The van der Waals surface area contributed by atoms with Gasteiger partial charge in [0.2, 0.25) is 17.5 Å². The third kappa shape index (κ3) is 5.14. The highest BCUT2D eigenvalue weighted by Crippen LogP contribution is 2.40. The van der Waals surface area contributed by atoms with Crippen LogP contribution in [0.4, 0.5) is 23.4 Å². The molecular formula is C23H21F4N5O2. The molecule has 0 bridgehead atoms. The van der Waals surface area contributed by atoms with E-state index in [0.717, 1.165) is 18.3 Å². The Kier molecular flexibility index (Phi) is 6.73. The van der Waals surface area contributed by atoms with E-state index in [4.69, 9.17) is 4.74 Å². The van der Waals surface area contributed by atoms with E-state index >= 15 is 0 Å². The second-order valence-corrected chi connectivity index (χ2v) is 7.90. The zero-order valence-electron chi connectivity index (χ0n) is 18.1. The Morgan fingerprint density at radius 2 is 1.85 bits per heavy atom. The van der Waals surface area contributed by atoms with Crippen LogP contribution in [0.3, 0.4) is 0 Å². The van der Waals surface area contributed by atoms with E-state index in [-0.39, 0.29) is 31.2 Å². The van der Waals surface area contributed by atoms with Crippen LogP contribution in [-0.2, 0) is 4.79 Å². The van der Waals surface area contributed by atoms with Crippen LogP contribution < -0.4 is 10.1 Å². The van der Waals surface area contributed by atoms with Gasteiger partial charge in [-0.05, 0) is 36.8 Å². The first-order chi connectivity index (χ1) is 16.2. The van der Waals surface area contributed by atoms with Crippen LogP contribution in [0, 0.1) is 11.6 Å². The van der Waals surface area contributed by atoms with Crippen molar-refractivity contribution >= 4 is 11.7 Å². The van der Waals surface area contributed by atoms with E-state index in [2.05, 4.69) is 20.3 Å². The van der Waals surface area contributed by atoms with E-state index in [0.29, 0.717) is 5.56 Å². The van der Waals surface area contributed by atoms with Gasteiger partial charge in [-0.3, -0.25) is 14.7 Å². The average Bonchev–Trinajstić information content (AvgIpc) is 2.82. The van der Waals surface area contributed by atoms with Crippen LogP contribution in [0.25, 0.3) is 0 Å². The number of anilines is 1. The molecule has 4 rings (SSSR count). The molecule has 3 heterocycles. The second kappa shape index (κ2) is 9.72. The highest BCUT2D eigenvalue weighted by atomic mass is 19.3. The summed E-state index contributed by atoms with van der Waals surface area (Å²) in [5.74, 6) is -6.92. The molecule has 3 aromatic rings. The van der Waals surface area contributed by atoms with Crippen LogP contribution in [0.5, 0.6) is 11.6 Å². The summed E-state index contributed by atoms with van der Waals surface area (Å²) >= 11 is 0. The van der Waals surface area contributed by atoms with Crippen LogP contribution >= 0.6 is 0 Å². The first kappa shape index (κ1) is 23.6. The van der Waals surface area contributed by atoms with Gasteiger partial charge in [-0.15, -0.1) is 0 Å². The molecule has 1 saturated heterocycles. The molecule has 7 nitrogen and oxygen atoms in total. The Hall–Kier alpha value is -3.60. The Morgan fingerprint density at radius 1 is 1.15 bits per heavy atom. The number of benzene rings is 1. The number of piperidine rings is 1. The average molecular weight is 475 g/mol. The summed E-state index contributed by atoms with van der Waals surface area (Å²) in [4.78, 5) is 26.2. The summed E-state index contributed by atoms with van der Waals surface area (Å²) in [5, 5.41) is 2.57. The highest BCUT2D eigenvalue weighted by Gasteiger charge is 2.46. The third-order valence-corrected chi connectivity index (χ3v) is 5.70. The van der Waals surface area contributed by atoms with Crippen LogP contribution in [0.2, 0.25) is 0 Å². The van der Waals surface area contributed by atoms with Gasteiger partial charge in [-0.1, -0.05) is 6.07 Å². The van der Waals surface area contributed by atoms with Crippen LogP contribution in [0.1, 0.15) is 24.8 Å². The first-order valence-corrected chi connectivity index (χ1v) is 10.5.